The number of anilines is 2. The van der Waals surface area contributed by atoms with Crippen molar-refractivity contribution in [3.8, 4) is 0 Å². The van der Waals surface area contributed by atoms with Gasteiger partial charge in [-0.15, -0.1) is 0 Å². The summed E-state index contributed by atoms with van der Waals surface area (Å²) in [6.45, 7) is 0. The quantitative estimate of drug-likeness (QED) is 0.821. The average Bonchev–Trinajstić information content (AvgIpc) is 2.56. The third-order valence-corrected chi connectivity index (χ3v) is 5.76. The Kier molecular flexibility index (Phi) is 5.63. The fourth-order valence-corrected chi connectivity index (χ4v) is 3.08. The number of halogens is 1. The van der Waals surface area contributed by atoms with E-state index >= 15 is 0 Å². The second-order valence-electron chi connectivity index (χ2n) is 5.27. The molecule has 2 aromatic carbocycles. The van der Waals surface area contributed by atoms with Gasteiger partial charge in [-0.25, -0.2) is 0 Å². The molecule has 0 atom stereocenters. The Hall–Kier alpha value is -1.90. The molecule has 0 saturated carbocycles. The number of rotatable bonds is 5. The number of nitrogens with zero attached hydrogens (tertiary/aromatic N) is 2. The summed E-state index contributed by atoms with van der Waals surface area (Å²) in [6.07, 6.45) is 0. The van der Waals surface area contributed by atoms with Crippen molar-refractivity contribution in [3.05, 3.63) is 58.6 Å². The summed E-state index contributed by atoms with van der Waals surface area (Å²) in [5.41, 5.74) is 1.60. The van der Waals surface area contributed by atoms with Gasteiger partial charge in [0.2, 0.25) is 0 Å². The van der Waals surface area contributed by atoms with Crippen molar-refractivity contribution in [3.63, 3.8) is 0 Å². The average molecular weight is 412 g/mol. The van der Waals surface area contributed by atoms with Gasteiger partial charge in [-0.05, 0) is 48.5 Å². The zero-order valence-electron chi connectivity index (χ0n) is 13.5. The summed E-state index contributed by atoms with van der Waals surface area (Å²) in [5, 5.41) is 2.78. The lowest BCUT2D eigenvalue weighted by molar-refractivity contribution is 0.102. The van der Waals surface area contributed by atoms with Crippen molar-refractivity contribution in [1.82, 2.24) is 4.31 Å². The highest BCUT2D eigenvalue weighted by Crippen LogP contribution is 2.19. The minimum absolute atomic E-state index is 0.262. The molecule has 24 heavy (non-hydrogen) atoms. The Balaban J connectivity index is 2.14. The topological polar surface area (TPSA) is 69.7 Å². The van der Waals surface area contributed by atoms with Crippen molar-refractivity contribution < 1.29 is 13.2 Å². The van der Waals surface area contributed by atoms with Crippen molar-refractivity contribution in [1.29, 1.82) is 0 Å². The van der Waals surface area contributed by atoms with Crippen LogP contribution in [0.5, 0.6) is 0 Å². The van der Waals surface area contributed by atoms with E-state index in [0.29, 0.717) is 16.9 Å². The number of carbonyl (C=O) groups excluding carboxylic acids is 1. The predicted octanol–water partition coefficient (Wildman–Crippen LogP) is 2.94. The van der Waals surface area contributed by atoms with Gasteiger partial charge in [0, 0.05) is 36.9 Å². The first-order valence-electron chi connectivity index (χ1n) is 7.05. The number of nitrogens with one attached hydrogen (secondary N) is 1. The van der Waals surface area contributed by atoms with Gasteiger partial charge in [0.25, 0.3) is 5.91 Å². The van der Waals surface area contributed by atoms with Crippen LogP contribution in [0.15, 0.2) is 53.0 Å². The van der Waals surface area contributed by atoms with Crippen LogP contribution in [0.2, 0.25) is 0 Å². The summed E-state index contributed by atoms with van der Waals surface area (Å²) >= 11 is 3.33. The van der Waals surface area contributed by atoms with Crippen LogP contribution >= 0.6 is 15.9 Å². The molecule has 8 heteroatoms. The van der Waals surface area contributed by atoms with Crippen LogP contribution in [0.3, 0.4) is 0 Å². The zero-order valence-corrected chi connectivity index (χ0v) is 15.9. The lowest BCUT2D eigenvalue weighted by Crippen LogP contribution is -2.37. The second-order valence-corrected chi connectivity index (χ2v) is 8.35. The molecule has 0 bridgehead atoms. The molecule has 0 radical (unpaired) electrons. The summed E-state index contributed by atoms with van der Waals surface area (Å²) < 4.78 is 27.4. The van der Waals surface area contributed by atoms with Crippen LogP contribution < -0.4 is 9.62 Å². The predicted molar refractivity (Wildman–Crippen MR) is 99.5 cm³/mol. The second kappa shape index (κ2) is 7.33. The van der Waals surface area contributed by atoms with E-state index in [1.165, 1.54) is 21.1 Å². The highest BCUT2D eigenvalue weighted by atomic mass is 79.9. The molecule has 0 unspecified atom stereocenters. The molecule has 0 saturated heterocycles. The third-order valence-electron chi connectivity index (χ3n) is 3.40. The number of hydrogen-bond donors (Lipinski definition) is 1. The minimum Gasteiger partial charge on any atom is -0.322 e. The van der Waals surface area contributed by atoms with E-state index in [1.54, 1.807) is 36.4 Å². The third kappa shape index (κ3) is 4.14. The lowest BCUT2D eigenvalue weighted by atomic mass is 10.2. The van der Waals surface area contributed by atoms with E-state index in [2.05, 4.69) is 21.2 Å². The molecule has 1 N–H and O–H groups in total. The summed E-state index contributed by atoms with van der Waals surface area (Å²) in [5.74, 6) is -0.262. The SMILES string of the molecule is CN(C)S(=O)(=O)N(C)c1ccc(C(=O)Nc2ccc(Br)cc2)cc1. The van der Waals surface area contributed by atoms with E-state index in [4.69, 9.17) is 0 Å². The lowest BCUT2D eigenvalue weighted by Gasteiger charge is -2.23. The zero-order chi connectivity index (χ0) is 17.9. The Morgan fingerprint density at radius 3 is 2.00 bits per heavy atom. The molecule has 0 heterocycles. The smallest absolute Gasteiger partial charge is 0.303 e. The molecule has 6 nitrogen and oxygen atoms in total. The van der Waals surface area contributed by atoms with Gasteiger partial charge < -0.3 is 5.32 Å². The van der Waals surface area contributed by atoms with Crippen molar-refractivity contribution in [2.75, 3.05) is 30.8 Å². The molecule has 0 aliphatic heterocycles. The maximum absolute atomic E-state index is 12.2. The molecular weight excluding hydrogens is 394 g/mol. The van der Waals surface area contributed by atoms with E-state index < -0.39 is 10.2 Å². The van der Waals surface area contributed by atoms with E-state index in [-0.39, 0.29) is 5.91 Å². The van der Waals surface area contributed by atoms with Gasteiger partial charge in [-0.2, -0.15) is 12.7 Å². The molecule has 0 aliphatic rings. The van der Waals surface area contributed by atoms with Crippen LogP contribution in [0.1, 0.15) is 10.4 Å². The number of hydrogen-bond acceptors (Lipinski definition) is 3. The Bertz CT molecular complexity index is 819. The summed E-state index contributed by atoms with van der Waals surface area (Å²) in [7, 11) is 0.839. The number of benzene rings is 2. The highest BCUT2D eigenvalue weighted by Gasteiger charge is 2.21. The molecule has 2 aromatic rings. The van der Waals surface area contributed by atoms with Crippen LogP contribution in [0.25, 0.3) is 0 Å². The van der Waals surface area contributed by atoms with Gasteiger partial charge in [0.15, 0.2) is 0 Å². The van der Waals surface area contributed by atoms with E-state index in [0.717, 1.165) is 13.1 Å². The van der Waals surface area contributed by atoms with Crippen molar-refractivity contribution >= 4 is 43.4 Å². The van der Waals surface area contributed by atoms with E-state index in [1.807, 2.05) is 12.1 Å². The maximum Gasteiger partial charge on any atom is 0.303 e. The molecular formula is C16H18BrN3O3S. The molecule has 0 aromatic heterocycles. The van der Waals surface area contributed by atoms with Gasteiger partial charge in [-0.1, -0.05) is 15.9 Å². The van der Waals surface area contributed by atoms with Gasteiger partial charge in [0.05, 0.1) is 5.69 Å². The minimum atomic E-state index is -3.55. The first-order valence-corrected chi connectivity index (χ1v) is 9.24. The first-order chi connectivity index (χ1) is 11.2. The Labute approximate surface area is 150 Å². The highest BCUT2D eigenvalue weighted by molar-refractivity contribution is 9.10. The van der Waals surface area contributed by atoms with Gasteiger partial charge >= 0.3 is 10.2 Å². The number of carbonyl (C=O) groups is 1. The molecule has 0 spiro atoms. The van der Waals surface area contributed by atoms with Crippen LogP contribution in [-0.2, 0) is 10.2 Å². The molecule has 2 rings (SSSR count). The normalized spacial score (nSPS) is 11.4. The van der Waals surface area contributed by atoms with Crippen LogP contribution in [0, 0.1) is 0 Å². The standard InChI is InChI=1S/C16H18BrN3O3S/c1-19(2)24(22,23)20(3)15-10-4-12(5-11-15)16(21)18-14-8-6-13(17)7-9-14/h4-11H,1-3H3,(H,18,21). The van der Waals surface area contributed by atoms with Gasteiger partial charge in [-0.3, -0.25) is 9.10 Å². The molecule has 0 fully saturated rings. The fraction of sp³-hybridized carbons (Fsp3) is 0.188. The Morgan fingerprint density at radius 1 is 0.958 bits per heavy atom. The molecule has 128 valence electrons. The molecule has 1 amide bonds. The summed E-state index contributed by atoms with van der Waals surface area (Å²) in [6, 6.07) is 13.6. The van der Waals surface area contributed by atoms with Crippen molar-refractivity contribution in [2.45, 2.75) is 0 Å². The first kappa shape index (κ1) is 18.4. The molecule has 0 aliphatic carbocycles. The van der Waals surface area contributed by atoms with Crippen LogP contribution in [0.4, 0.5) is 11.4 Å². The maximum atomic E-state index is 12.2. The van der Waals surface area contributed by atoms with E-state index in [9.17, 15) is 13.2 Å². The number of amides is 1. The largest absolute Gasteiger partial charge is 0.322 e. The Morgan fingerprint density at radius 2 is 1.50 bits per heavy atom. The van der Waals surface area contributed by atoms with Crippen molar-refractivity contribution in [2.24, 2.45) is 0 Å². The van der Waals surface area contributed by atoms with Crippen LogP contribution in [-0.4, -0.2) is 39.8 Å². The monoisotopic (exact) mass is 411 g/mol. The van der Waals surface area contributed by atoms with Gasteiger partial charge in [0.1, 0.15) is 0 Å². The fourth-order valence-electron chi connectivity index (χ4n) is 1.94. The summed E-state index contributed by atoms with van der Waals surface area (Å²) in [4.78, 5) is 12.2.